The van der Waals surface area contributed by atoms with Gasteiger partial charge in [-0.3, -0.25) is 14.4 Å². The summed E-state index contributed by atoms with van der Waals surface area (Å²) in [4.78, 5) is 20.6. The minimum Gasteiger partial charge on any atom is -0.340 e. The number of amides is 1. The summed E-state index contributed by atoms with van der Waals surface area (Å²) in [6.45, 7) is 5.36. The number of aromatic nitrogens is 3. The maximum Gasteiger partial charge on any atom is 0.222 e. The molecule has 1 aliphatic rings. The van der Waals surface area contributed by atoms with Gasteiger partial charge in [0.25, 0.3) is 0 Å². The van der Waals surface area contributed by atoms with E-state index in [9.17, 15) is 4.79 Å². The van der Waals surface area contributed by atoms with Gasteiger partial charge in [-0.2, -0.15) is 16.4 Å². The first-order chi connectivity index (χ1) is 10.8. The second-order valence-electron chi connectivity index (χ2n) is 5.51. The highest BCUT2D eigenvalue weighted by Crippen LogP contribution is 2.11. The molecule has 0 spiro atoms. The van der Waals surface area contributed by atoms with E-state index >= 15 is 0 Å². The summed E-state index contributed by atoms with van der Waals surface area (Å²) in [5.74, 6) is 0.280. The molecule has 1 amide bonds. The molecule has 0 bridgehead atoms. The SMILES string of the molecule is O=C(CCc1ccsc1)N1CCN(CCn2cncn2)CC1. The monoisotopic (exact) mass is 319 g/mol. The minimum absolute atomic E-state index is 0.280. The molecule has 1 fully saturated rings. The normalized spacial score (nSPS) is 16.1. The van der Waals surface area contributed by atoms with Gasteiger partial charge in [-0.1, -0.05) is 0 Å². The second kappa shape index (κ2) is 7.51. The molecular weight excluding hydrogens is 298 g/mol. The van der Waals surface area contributed by atoms with Gasteiger partial charge in [-0.25, -0.2) is 4.98 Å². The highest BCUT2D eigenvalue weighted by atomic mass is 32.1. The van der Waals surface area contributed by atoms with Crippen molar-refractivity contribution in [1.29, 1.82) is 0 Å². The van der Waals surface area contributed by atoms with Crippen LogP contribution >= 0.6 is 11.3 Å². The van der Waals surface area contributed by atoms with E-state index in [1.807, 2.05) is 9.58 Å². The van der Waals surface area contributed by atoms with E-state index in [0.717, 1.165) is 45.7 Å². The quantitative estimate of drug-likeness (QED) is 0.800. The summed E-state index contributed by atoms with van der Waals surface area (Å²) in [5, 5.41) is 8.29. The predicted molar refractivity (Wildman–Crippen MR) is 85.7 cm³/mol. The molecule has 0 N–H and O–H groups in total. The van der Waals surface area contributed by atoms with E-state index in [1.54, 1.807) is 24.0 Å². The van der Waals surface area contributed by atoms with Gasteiger partial charge in [-0.05, 0) is 28.8 Å². The van der Waals surface area contributed by atoms with E-state index < -0.39 is 0 Å². The van der Waals surface area contributed by atoms with Crippen molar-refractivity contribution >= 4 is 17.2 Å². The Hall–Kier alpha value is -1.73. The first kappa shape index (κ1) is 15.2. The van der Waals surface area contributed by atoms with E-state index in [0.29, 0.717) is 6.42 Å². The number of rotatable bonds is 6. The lowest BCUT2D eigenvalue weighted by atomic mass is 10.1. The number of carbonyl (C=O) groups excluding carboxylic acids is 1. The third kappa shape index (κ3) is 4.14. The Morgan fingerprint density at radius 2 is 2.09 bits per heavy atom. The van der Waals surface area contributed by atoms with Gasteiger partial charge in [0.05, 0.1) is 6.54 Å². The van der Waals surface area contributed by atoms with Crippen LogP contribution in [0.25, 0.3) is 0 Å². The fourth-order valence-electron chi connectivity index (χ4n) is 2.66. The molecular formula is C15H21N5OS. The molecule has 0 aliphatic carbocycles. The van der Waals surface area contributed by atoms with E-state index in [1.165, 1.54) is 5.56 Å². The zero-order valence-corrected chi connectivity index (χ0v) is 13.4. The molecule has 2 aromatic heterocycles. The highest BCUT2D eigenvalue weighted by Gasteiger charge is 2.20. The minimum atomic E-state index is 0.280. The zero-order chi connectivity index (χ0) is 15.2. The molecule has 0 atom stereocenters. The summed E-state index contributed by atoms with van der Waals surface area (Å²) in [7, 11) is 0. The number of piperazine rings is 1. The molecule has 2 aromatic rings. The van der Waals surface area contributed by atoms with Crippen LogP contribution < -0.4 is 0 Å². The van der Waals surface area contributed by atoms with Crippen LogP contribution in [0.1, 0.15) is 12.0 Å². The maximum atomic E-state index is 12.2. The van der Waals surface area contributed by atoms with Gasteiger partial charge >= 0.3 is 0 Å². The lowest BCUT2D eigenvalue weighted by Gasteiger charge is -2.34. The average molecular weight is 319 g/mol. The largest absolute Gasteiger partial charge is 0.340 e. The number of thiophene rings is 1. The van der Waals surface area contributed by atoms with Crippen molar-refractivity contribution in [2.45, 2.75) is 19.4 Å². The first-order valence-electron chi connectivity index (χ1n) is 7.65. The summed E-state index contributed by atoms with van der Waals surface area (Å²) >= 11 is 1.69. The van der Waals surface area contributed by atoms with Crippen LogP contribution in [-0.4, -0.2) is 63.2 Å². The van der Waals surface area contributed by atoms with Crippen molar-refractivity contribution in [2.24, 2.45) is 0 Å². The van der Waals surface area contributed by atoms with Crippen molar-refractivity contribution in [2.75, 3.05) is 32.7 Å². The fourth-order valence-corrected chi connectivity index (χ4v) is 3.36. The lowest BCUT2D eigenvalue weighted by molar-refractivity contribution is -0.132. The van der Waals surface area contributed by atoms with Crippen molar-refractivity contribution in [3.8, 4) is 0 Å². The van der Waals surface area contributed by atoms with Crippen LogP contribution in [0.4, 0.5) is 0 Å². The van der Waals surface area contributed by atoms with Crippen LogP contribution in [0.15, 0.2) is 29.5 Å². The van der Waals surface area contributed by atoms with E-state index in [4.69, 9.17) is 0 Å². The molecule has 0 unspecified atom stereocenters. The van der Waals surface area contributed by atoms with Crippen molar-refractivity contribution in [3.63, 3.8) is 0 Å². The topological polar surface area (TPSA) is 54.3 Å². The fraction of sp³-hybridized carbons (Fsp3) is 0.533. The summed E-state index contributed by atoms with van der Waals surface area (Å²) < 4.78 is 1.85. The third-order valence-corrected chi connectivity index (χ3v) is 4.78. The van der Waals surface area contributed by atoms with Gasteiger partial charge in [0, 0.05) is 39.1 Å². The molecule has 0 saturated carbocycles. The number of aryl methyl sites for hydroxylation is 1. The average Bonchev–Trinajstić information content (AvgIpc) is 3.24. The predicted octanol–water partition coefficient (Wildman–Crippen LogP) is 1.12. The molecule has 0 radical (unpaired) electrons. The lowest BCUT2D eigenvalue weighted by Crippen LogP contribution is -2.49. The molecule has 6 nitrogen and oxygen atoms in total. The van der Waals surface area contributed by atoms with Crippen LogP contribution in [0.5, 0.6) is 0 Å². The standard InChI is InChI=1S/C15H21N5OS/c21-15(2-1-14-3-10-22-11-14)19-7-4-18(5-8-19)6-9-20-13-16-12-17-20/h3,10-13H,1-2,4-9H2. The number of nitrogens with zero attached hydrogens (tertiary/aromatic N) is 5. The number of hydrogen-bond donors (Lipinski definition) is 0. The van der Waals surface area contributed by atoms with Crippen molar-refractivity contribution in [1.82, 2.24) is 24.6 Å². The Bertz CT molecular complexity index is 561. The Labute approximate surface area is 134 Å². The molecule has 118 valence electrons. The number of hydrogen-bond acceptors (Lipinski definition) is 5. The molecule has 3 heterocycles. The summed E-state index contributed by atoms with van der Waals surface area (Å²) in [6.07, 6.45) is 4.78. The van der Waals surface area contributed by atoms with Gasteiger partial charge in [0.2, 0.25) is 5.91 Å². The zero-order valence-electron chi connectivity index (χ0n) is 12.6. The van der Waals surface area contributed by atoms with Crippen molar-refractivity contribution < 1.29 is 4.79 Å². The molecule has 3 rings (SSSR count). The molecule has 1 aliphatic heterocycles. The Balaban J connectivity index is 1.36. The molecule has 22 heavy (non-hydrogen) atoms. The van der Waals surface area contributed by atoms with Crippen LogP contribution in [0.3, 0.4) is 0 Å². The van der Waals surface area contributed by atoms with E-state index in [2.05, 4.69) is 31.8 Å². The van der Waals surface area contributed by atoms with E-state index in [-0.39, 0.29) is 5.91 Å². The third-order valence-electron chi connectivity index (χ3n) is 4.04. The maximum absolute atomic E-state index is 12.2. The van der Waals surface area contributed by atoms with Crippen molar-refractivity contribution in [3.05, 3.63) is 35.0 Å². The summed E-state index contributed by atoms with van der Waals surface area (Å²) in [6, 6.07) is 2.10. The summed E-state index contributed by atoms with van der Waals surface area (Å²) in [5.41, 5.74) is 1.27. The van der Waals surface area contributed by atoms with Crippen LogP contribution in [0, 0.1) is 0 Å². The van der Waals surface area contributed by atoms with Gasteiger partial charge in [0.1, 0.15) is 12.7 Å². The second-order valence-corrected chi connectivity index (χ2v) is 6.29. The van der Waals surface area contributed by atoms with Crippen LogP contribution in [0.2, 0.25) is 0 Å². The van der Waals surface area contributed by atoms with Crippen LogP contribution in [-0.2, 0) is 17.8 Å². The van der Waals surface area contributed by atoms with Gasteiger partial charge in [0.15, 0.2) is 0 Å². The highest BCUT2D eigenvalue weighted by molar-refractivity contribution is 7.07. The van der Waals surface area contributed by atoms with Gasteiger partial charge in [-0.15, -0.1) is 0 Å². The Kier molecular flexibility index (Phi) is 5.18. The Morgan fingerprint density at radius 3 is 2.77 bits per heavy atom. The first-order valence-corrected chi connectivity index (χ1v) is 8.59. The smallest absolute Gasteiger partial charge is 0.222 e. The number of carbonyl (C=O) groups is 1. The Morgan fingerprint density at radius 1 is 1.23 bits per heavy atom. The molecule has 1 saturated heterocycles. The molecule has 7 heteroatoms. The van der Waals surface area contributed by atoms with Gasteiger partial charge < -0.3 is 4.90 Å². The molecule has 0 aromatic carbocycles.